The number of nitrogens with one attached hydrogen (secondary N) is 2. The summed E-state index contributed by atoms with van der Waals surface area (Å²) >= 11 is 0. The zero-order chi connectivity index (χ0) is 16.9. The Bertz CT molecular complexity index is 579. The fourth-order valence-electron chi connectivity index (χ4n) is 3.24. The molecule has 0 saturated carbocycles. The number of nitrogens with zero attached hydrogens (tertiary/aromatic N) is 1. The Hall–Kier alpha value is -1.95. The van der Waals surface area contributed by atoms with Crippen molar-refractivity contribution in [2.24, 2.45) is 0 Å². The van der Waals surface area contributed by atoms with E-state index in [-0.39, 0.29) is 18.1 Å². The molecule has 2 amide bonds. The van der Waals surface area contributed by atoms with E-state index < -0.39 is 0 Å². The van der Waals surface area contributed by atoms with Crippen LogP contribution in [0, 0.1) is 0 Å². The maximum Gasteiger partial charge on any atom is 0.315 e. The lowest BCUT2D eigenvalue weighted by Gasteiger charge is -2.30. The van der Waals surface area contributed by atoms with Gasteiger partial charge in [-0.05, 0) is 51.1 Å². The lowest BCUT2D eigenvalue weighted by atomic mass is 10.1. The summed E-state index contributed by atoms with van der Waals surface area (Å²) in [4.78, 5) is 14.5. The molecule has 0 spiro atoms. The fraction of sp³-hybridized carbons (Fsp3) is 0.611. The van der Waals surface area contributed by atoms with Gasteiger partial charge >= 0.3 is 6.03 Å². The minimum Gasteiger partial charge on any atom is -0.490 e. The van der Waals surface area contributed by atoms with Crippen molar-refractivity contribution in [1.82, 2.24) is 15.5 Å². The smallest absolute Gasteiger partial charge is 0.315 e. The Morgan fingerprint density at radius 2 is 2.04 bits per heavy atom. The number of likely N-dealkylation sites (N-methyl/N-ethyl adjacent to an activating group) is 1. The molecule has 132 valence electrons. The van der Waals surface area contributed by atoms with Gasteiger partial charge in [-0.2, -0.15) is 0 Å². The average molecular weight is 333 g/mol. The molecule has 6 nitrogen and oxygen atoms in total. The van der Waals surface area contributed by atoms with E-state index in [4.69, 9.17) is 9.47 Å². The van der Waals surface area contributed by atoms with E-state index in [1.807, 2.05) is 25.1 Å². The van der Waals surface area contributed by atoms with Crippen LogP contribution in [0.5, 0.6) is 11.5 Å². The number of carbonyl (C=O) groups excluding carboxylic acids is 1. The summed E-state index contributed by atoms with van der Waals surface area (Å²) in [7, 11) is 2.09. The molecule has 0 bridgehead atoms. The van der Waals surface area contributed by atoms with Crippen molar-refractivity contribution < 1.29 is 14.3 Å². The Morgan fingerprint density at radius 1 is 1.25 bits per heavy atom. The Balaban J connectivity index is 1.57. The Kier molecular flexibility index (Phi) is 5.45. The molecule has 2 unspecified atom stereocenters. The maximum absolute atomic E-state index is 12.2. The molecule has 24 heavy (non-hydrogen) atoms. The topological polar surface area (TPSA) is 62.8 Å². The second kappa shape index (κ2) is 7.75. The van der Waals surface area contributed by atoms with Crippen molar-refractivity contribution in [1.29, 1.82) is 0 Å². The predicted molar refractivity (Wildman–Crippen MR) is 92.7 cm³/mol. The highest BCUT2D eigenvalue weighted by Crippen LogP contribution is 2.32. The van der Waals surface area contributed by atoms with Crippen LogP contribution in [0.25, 0.3) is 0 Å². The van der Waals surface area contributed by atoms with Crippen LogP contribution in [0.1, 0.15) is 37.8 Å². The van der Waals surface area contributed by atoms with Crippen LogP contribution in [0.4, 0.5) is 4.79 Å². The number of hydrogen-bond acceptors (Lipinski definition) is 4. The quantitative estimate of drug-likeness (QED) is 0.891. The van der Waals surface area contributed by atoms with Crippen molar-refractivity contribution in [2.75, 3.05) is 33.4 Å². The van der Waals surface area contributed by atoms with E-state index in [1.165, 1.54) is 0 Å². The normalized spacial score (nSPS) is 22.3. The number of ether oxygens (including phenoxy) is 2. The molecule has 3 rings (SSSR count). The van der Waals surface area contributed by atoms with E-state index in [2.05, 4.69) is 22.6 Å². The summed E-state index contributed by atoms with van der Waals surface area (Å²) in [5.74, 6) is 1.53. The first-order valence-corrected chi connectivity index (χ1v) is 8.77. The summed E-state index contributed by atoms with van der Waals surface area (Å²) in [5.41, 5.74) is 1.01. The number of urea groups is 1. The summed E-state index contributed by atoms with van der Waals surface area (Å²) < 4.78 is 11.4. The van der Waals surface area contributed by atoms with Crippen LogP contribution in [-0.4, -0.2) is 50.3 Å². The minimum atomic E-state index is -0.116. The van der Waals surface area contributed by atoms with Crippen LogP contribution >= 0.6 is 0 Å². The molecule has 2 atom stereocenters. The average Bonchev–Trinajstić information content (AvgIpc) is 2.79. The van der Waals surface area contributed by atoms with Crippen molar-refractivity contribution >= 4 is 6.03 Å². The second-order valence-corrected chi connectivity index (χ2v) is 6.70. The summed E-state index contributed by atoms with van der Waals surface area (Å²) in [6, 6.07) is 5.87. The molecule has 1 fully saturated rings. The number of fused-ring (bicyclic) bond motifs is 1. The molecule has 0 aliphatic carbocycles. The van der Waals surface area contributed by atoms with E-state index in [0.717, 1.165) is 49.4 Å². The van der Waals surface area contributed by atoms with E-state index >= 15 is 0 Å². The van der Waals surface area contributed by atoms with Crippen molar-refractivity contribution in [3.05, 3.63) is 23.8 Å². The summed E-state index contributed by atoms with van der Waals surface area (Å²) in [6.07, 6.45) is 3.05. The molecule has 1 aromatic rings. The molecule has 2 N–H and O–H groups in total. The fourth-order valence-corrected chi connectivity index (χ4v) is 3.24. The molecular formula is C18H27N3O3. The third kappa shape index (κ3) is 4.32. The Morgan fingerprint density at radius 3 is 2.83 bits per heavy atom. The molecule has 0 aromatic heterocycles. The van der Waals surface area contributed by atoms with Crippen LogP contribution in [0.3, 0.4) is 0 Å². The zero-order valence-electron chi connectivity index (χ0n) is 14.5. The van der Waals surface area contributed by atoms with Crippen LogP contribution in [0.15, 0.2) is 18.2 Å². The van der Waals surface area contributed by atoms with Crippen molar-refractivity contribution in [3.8, 4) is 11.5 Å². The lowest BCUT2D eigenvalue weighted by Crippen LogP contribution is -2.49. The van der Waals surface area contributed by atoms with Crippen LogP contribution in [-0.2, 0) is 0 Å². The summed E-state index contributed by atoms with van der Waals surface area (Å²) in [5, 5.41) is 6.09. The van der Waals surface area contributed by atoms with E-state index in [0.29, 0.717) is 13.2 Å². The van der Waals surface area contributed by atoms with Crippen molar-refractivity contribution in [2.45, 2.75) is 38.3 Å². The number of hydrogen-bond donors (Lipinski definition) is 2. The molecule has 1 saturated heterocycles. The molecule has 2 aliphatic heterocycles. The highest BCUT2D eigenvalue weighted by Gasteiger charge is 2.20. The van der Waals surface area contributed by atoms with E-state index in [1.54, 1.807) is 0 Å². The molecule has 1 aromatic carbocycles. The summed E-state index contributed by atoms with van der Waals surface area (Å²) in [6.45, 7) is 5.33. The molecule has 2 heterocycles. The van der Waals surface area contributed by atoms with Gasteiger partial charge in [-0.3, -0.25) is 0 Å². The number of piperidine rings is 1. The van der Waals surface area contributed by atoms with Gasteiger partial charge < -0.3 is 25.0 Å². The third-order valence-corrected chi connectivity index (χ3v) is 4.58. The van der Waals surface area contributed by atoms with Crippen molar-refractivity contribution in [3.63, 3.8) is 0 Å². The molecule has 6 heteroatoms. The highest BCUT2D eigenvalue weighted by molar-refractivity contribution is 5.74. The zero-order valence-corrected chi connectivity index (χ0v) is 14.5. The second-order valence-electron chi connectivity index (χ2n) is 6.70. The van der Waals surface area contributed by atoms with Gasteiger partial charge in [-0.15, -0.1) is 0 Å². The minimum absolute atomic E-state index is 0.0940. The SMILES string of the molecule is CC(NC(=O)NC1CCCN(C)C1)c1ccc2c(c1)OCCCO2. The number of benzene rings is 1. The van der Waals surface area contributed by atoms with Gasteiger partial charge in [0.2, 0.25) is 0 Å². The third-order valence-electron chi connectivity index (χ3n) is 4.58. The van der Waals surface area contributed by atoms with Gasteiger partial charge in [0.1, 0.15) is 0 Å². The monoisotopic (exact) mass is 333 g/mol. The van der Waals surface area contributed by atoms with Gasteiger partial charge in [-0.1, -0.05) is 6.07 Å². The predicted octanol–water partition coefficient (Wildman–Crippen LogP) is 2.30. The maximum atomic E-state index is 12.2. The van der Waals surface area contributed by atoms with Gasteiger partial charge in [0.15, 0.2) is 11.5 Å². The van der Waals surface area contributed by atoms with Gasteiger partial charge in [0.25, 0.3) is 0 Å². The number of likely N-dealkylation sites (tertiary alicyclic amines) is 1. The van der Waals surface area contributed by atoms with E-state index in [9.17, 15) is 4.79 Å². The van der Waals surface area contributed by atoms with Crippen LogP contribution in [0.2, 0.25) is 0 Å². The largest absolute Gasteiger partial charge is 0.490 e. The molecule has 2 aliphatic rings. The number of amides is 2. The van der Waals surface area contributed by atoms with Gasteiger partial charge in [-0.25, -0.2) is 4.79 Å². The lowest BCUT2D eigenvalue weighted by molar-refractivity contribution is 0.207. The van der Waals surface area contributed by atoms with Gasteiger partial charge in [0, 0.05) is 19.0 Å². The number of carbonyl (C=O) groups is 1. The first-order valence-electron chi connectivity index (χ1n) is 8.77. The first-order chi connectivity index (χ1) is 11.6. The highest BCUT2D eigenvalue weighted by atomic mass is 16.5. The molecule has 0 radical (unpaired) electrons. The standard InChI is InChI=1S/C18H27N3O3/c1-13(19-18(22)20-15-5-3-8-21(2)12-15)14-6-7-16-17(11-14)24-10-4-9-23-16/h6-7,11,13,15H,3-5,8-10,12H2,1-2H3,(H2,19,20,22). The molecular weight excluding hydrogens is 306 g/mol. The van der Waals surface area contributed by atoms with Crippen LogP contribution < -0.4 is 20.1 Å². The number of rotatable bonds is 3. The first kappa shape index (κ1) is 16.9. The Labute approximate surface area is 143 Å². The van der Waals surface area contributed by atoms with Gasteiger partial charge in [0.05, 0.1) is 19.3 Å².